The minimum Gasteiger partial charge on any atom is -1.00 e. The number of hydrogen-bond donors (Lipinski definition) is 0. The van der Waals surface area contributed by atoms with Gasteiger partial charge in [0, 0.05) is 5.56 Å². The predicted molar refractivity (Wildman–Crippen MR) is 62.1 cm³/mol. The van der Waals surface area contributed by atoms with Gasteiger partial charge in [0.25, 0.3) is 0 Å². The number of halogens is 1. The van der Waals surface area contributed by atoms with E-state index < -0.39 is 0 Å². The summed E-state index contributed by atoms with van der Waals surface area (Å²) in [6.45, 7) is 4.81. The van der Waals surface area contributed by atoms with Crippen LogP contribution in [0.4, 0.5) is 0 Å². The first kappa shape index (κ1) is 14.4. The van der Waals surface area contributed by atoms with Crippen LogP contribution < -0.4 is 17.0 Å². The summed E-state index contributed by atoms with van der Waals surface area (Å²) in [5, 5.41) is 0. The lowest BCUT2D eigenvalue weighted by molar-refractivity contribution is -0.884. The number of rotatable bonds is 4. The summed E-state index contributed by atoms with van der Waals surface area (Å²) in [4.78, 5) is 0. The van der Waals surface area contributed by atoms with Gasteiger partial charge < -0.3 is 21.5 Å². The molecule has 0 fully saturated rings. The van der Waals surface area contributed by atoms with Gasteiger partial charge in [-0.15, -0.1) is 6.58 Å². The molecular weight excluding hydrogens is 250 g/mol. The molecule has 0 aliphatic carbocycles. The van der Waals surface area contributed by atoms with Gasteiger partial charge in [0.2, 0.25) is 0 Å². The highest BCUT2D eigenvalue weighted by atomic mass is 79.9. The average molecular weight is 270 g/mol. The zero-order valence-corrected chi connectivity index (χ0v) is 11.4. The van der Waals surface area contributed by atoms with Crippen LogP contribution >= 0.6 is 0 Å². The quantitative estimate of drug-likeness (QED) is 0.517. The van der Waals surface area contributed by atoms with Crippen LogP contribution in [0.2, 0.25) is 0 Å². The van der Waals surface area contributed by atoms with E-state index >= 15 is 0 Å². The van der Waals surface area contributed by atoms with Crippen LogP contribution in [0.25, 0.3) is 0 Å². The molecule has 0 atom stereocenters. The Bertz CT molecular complexity index is 295. The van der Waals surface area contributed by atoms with Crippen molar-refractivity contribution >= 4 is 0 Å². The Morgan fingerprint density at radius 3 is 1.93 bits per heavy atom. The highest BCUT2D eigenvalue weighted by molar-refractivity contribution is 5.23. The molecule has 0 amide bonds. The molecule has 0 unspecified atom stereocenters. The molecule has 0 bridgehead atoms. The van der Waals surface area contributed by atoms with Gasteiger partial charge in [-0.2, -0.15) is 0 Å². The zero-order valence-electron chi connectivity index (χ0n) is 9.83. The van der Waals surface area contributed by atoms with Crippen LogP contribution in [-0.4, -0.2) is 25.6 Å². The Hall–Kier alpha value is -0.600. The maximum absolute atomic E-state index is 3.73. The summed E-state index contributed by atoms with van der Waals surface area (Å²) in [5.41, 5.74) is 2.73. The topological polar surface area (TPSA) is 0 Å². The first-order chi connectivity index (χ1) is 6.51. The van der Waals surface area contributed by atoms with Crippen molar-refractivity contribution in [1.29, 1.82) is 0 Å². The van der Waals surface area contributed by atoms with E-state index in [4.69, 9.17) is 0 Å². The van der Waals surface area contributed by atoms with E-state index in [2.05, 4.69) is 52.0 Å². The van der Waals surface area contributed by atoms with Gasteiger partial charge in [-0.25, -0.2) is 0 Å². The van der Waals surface area contributed by atoms with Crippen molar-refractivity contribution in [3.05, 3.63) is 48.0 Å². The van der Waals surface area contributed by atoms with Gasteiger partial charge in [-0.1, -0.05) is 30.3 Å². The molecule has 1 rings (SSSR count). The third-order valence-electron chi connectivity index (χ3n) is 2.06. The minimum atomic E-state index is 0. The molecule has 0 N–H and O–H groups in total. The van der Waals surface area contributed by atoms with E-state index in [0.29, 0.717) is 0 Å². The smallest absolute Gasteiger partial charge is 0.104 e. The van der Waals surface area contributed by atoms with Crippen molar-refractivity contribution in [1.82, 2.24) is 0 Å². The second kappa shape index (κ2) is 6.09. The van der Waals surface area contributed by atoms with Crippen molar-refractivity contribution in [2.75, 3.05) is 21.1 Å². The number of quaternary nitrogens is 1. The summed E-state index contributed by atoms with van der Waals surface area (Å²) >= 11 is 0. The standard InChI is InChI=1S/C13H20N.BrH/c1-5-6-12-7-9-13(10-8-12)11-14(2,3)4;/h5,7-10H,1,6,11H2,2-4H3;1H/q+1;/p-1. The molecule has 0 aliphatic heterocycles. The number of nitrogens with zero attached hydrogens (tertiary/aromatic N) is 1. The molecule has 1 aromatic carbocycles. The minimum absolute atomic E-state index is 0. The normalized spacial score (nSPS) is 10.6. The lowest BCUT2D eigenvalue weighted by Crippen LogP contribution is -3.00. The summed E-state index contributed by atoms with van der Waals surface area (Å²) in [6.07, 6.45) is 2.90. The molecular formula is C13H20BrN. The Balaban J connectivity index is 0.00000196. The molecule has 1 aromatic rings. The zero-order chi connectivity index (χ0) is 10.6. The van der Waals surface area contributed by atoms with E-state index in [1.54, 1.807) is 0 Å². The average Bonchev–Trinajstić information content (AvgIpc) is 2.06. The predicted octanol–water partition coefficient (Wildman–Crippen LogP) is -0.375. The van der Waals surface area contributed by atoms with Gasteiger partial charge in [0.1, 0.15) is 6.54 Å². The van der Waals surface area contributed by atoms with Gasteiger partial charge >= 0.3 is 0 Å². The van der Waals surface area contributed by atoms with E-state index in [1.807, 2.05) is 6.08 Å². The number of allylic oxidation sites excluding steroid dienone is 1. The summed E-state index contributed by atoms with van der Waals surface area (Å²) < 4.78 is 0.973. The monoisotopic (exact) mass is 269 g/mol. The molecule has 1 nitrogen and oxygen atoms in total. The Morgan fingerprint density at radius 2 is 1.53 bits per heavy atom. The van der Waals surface area contributed by atoms with Crippen LogP contribution in [0.1, 0.15) is 11.1 Å². The van der Waals surface area contributed by atoms with Gasteiger partial charge in [-0.05, 0) is 12.0 Å². The third-order valence-corrected chi connectivity index (χ3v) is 2.06. The lowest BCUT2D eigenvalue weighted by Gasteiger charge is -2.23. The van der Waals surface area contributed by atoms with Crippen LogP contribution in [-0.2, 0) is 13.0 Å². The molecule has 0 spiro atoms. The van der Waals surface area contributed by atoms with Crippen molar-refractivity contribution in [2.24, 2.45) is 0 Å². The van der Waals surface area contributed by atoms with E-state index in [-0.39, 0.29) is 17.0 Å². The largest absolute Gasteiger partial charge is 1.00 e. The Kier molecular flexibility index (Phi) is 5.84. The van der Waals surface area contributed by atoms with Crippen molar-refractivity contribution in [3.8, 4) is 0 Å². The van der Waals surface area contributed by atoms with Gasteiger partial charge in [0.05, 0.1) is 21.1 Å². The fourth-order valence-corrected chi connectivity index (χ4v) is 1.50. The molecule has 0 radical (unpaired) electrons. The Labute approximate surface area is 104 Å². The highest BCUT2D eigenvalue weighted by Gasteiger charge is 2.07. The maximum Gasteiger partial charge on any atom is 0.104 e. The molecule has 0 aromatic heterocycles. The SMILES string of the molecule is C=CCc1ccc(C[N+](C)(C)C)cc1.[Br-]. The third kappa shape index (κ3) is 5.75. The maximum atomic E-state index is 3.73. The Morgan fingerprint density at radius 1 is 1.07 bits per heavy atom. The second-order valence-electron chi connectivity index (χ2n) is 4.76. The number of benzene rings is 1. The first-order valence-corrected chi connectivity index (χ1v) is 5.00. The van der Waals surface area contributed by atoms with Crippen molar-refractivity contribution < 1.29 is 21.5 Å². The van der Waals surface area contributed by atoms with Crippen LogP contribution in [0, 0.1) is 0 Å². The van der Waals surface area contributed by atoms with Crippen molar-refractivity contribution in [2.45, 2.75) is 13.0 Å². The fraction of sp³-hybridized carbons (Fsp3) is 0.385. The van der Waals surface area contributed by atoms with E-state index in [9.17, 15) is 0 Å². The van der Waals surface area contributed by atoms with E-state index in [0.717, 1.165) is 17.4 Å². The highest BCUT2D eigenvalue weighted by Crippen LogP contribution is 2.09. The van der Waals surface area contributed by atoms with Gasteiger partial charge in [-0.3, -0.25) is 0 Å². The van der Waals surface area contributed by atoms with Crippen molar-refractivity contribution in [3.63, 3.8) is 0 Å². The molecule has 0 heterocycles. The van der Waals surface area contributed by atoms with Crippen LogP contribution in [0.5, 0.6) is 0 Å². The van der Waals surface area contributed by atoms with Crippen LogP contribution in [0.3, 0.4) is 0 Å². The van der Waals surface area contributed by atoms with E-state index in [1.165, 1.54) is 11.1 Å². The fourth-order valence-electron chi connectivity index (χ4n) is 1.50. The molecule has 2 heteroatoms. The first-order valence-electron chi connectivity index (χ1n) is 5.00. The number of hydrogen-bond acceptors (Lipinski definition) is 0. The molecule has 0 saturated heterocycles. The molecule has 0 aliphatic rings. The van der Waals surface area contributed by atoms with Gasteiger partial charge in [0.15, 0.2) is 0 Å². The summed E-state index contributed by atoms with van der Waals surface area (Å²) in [6, 6.07) is 8.80. The molecule has 15 heavy (non-hydrogen) atoms. The lowest BCUT2D eigenvalue weighted by atomic mass is 10.1. The molecule has 0 saturated carbocycles. The summed E-state index contributed by atoms with van der Waals surface area (Å²) in [7, 11) is 6.62. The summed E-state index contributed by atoms with van der Waals surface area (Å²) in [5.74, 6) is 0. The molecule has 84 valence electrons. The van der Waals surface area contributed by atoms with Crippen LogP contribution in [0.15, 0.2) is 36.9 Å². The second-order valence-corrected chi connectivity index (χ2v) is 4.76.